The number of esters is 2. The topological polar surface area (TPSA) is 94.6 Å². The highest BCUT2D eigenvalue weighted by atomic mass is 16.5. The Bertz CT molecular complexity index is 785. The Hall–Kier alpha value is -2.96. The number of hydrogen-bond acceptors (Lipinski definition) is 6. The molecule has 1 heterocycles. The summed E-state index contributed by atoms with van der Waals surface area (Å²) >= 11 is 0. The van der Waals surface area contributed by atoms with Crippen LogP contribution in [0.15, 0.2) is 36.5 Å². The lowest BCUT2D eigenvalue weighted by Gasteiger charge is -2.19. The van der Waals surface area contributed by atoms with Crippen LogP contribution < -0.4 is 5.32 Å². The lowest BCUT2D eigenvalue weighted by molar-refractivity contribution is -0.147. The molecular formula is C18H20N2O5. The molecule has 0 saturated carbocycles. The molecule has 132 valence electrons. The summed E-state index contributed by atoms with van der Waals surface area (Å²) in [6.07, 6.45) is 1.61. The second-order valence-electron chi connectivity index (χ2n) is 5.58. The fourth-order valence-corrected chi connectivity index (χ4v) is 2.54. The number of nitrogens with zero attached hydrogens (tertiary/aromatic N) is 1. The van der Waals surface area contributed by atoms with Crippen LogP contribution in [0, 0.1) is 5.92 Å². The maximum atomic E-state index is 12.6. The lowest BCUT2D eigenvalue weighted by Crippen LogP contribution is -2.43. The number of para-hydroxylation sites is 1. The van der Waals surface area contributed by atoms with Crippen molar-refractivity contribution in [2.75, 3.05) is 14.2 Å². The standard InChI is InChI=1S/C18H20N2O5/c1-11(17(22)24-2)10-15(18(23)25-3)20-16(21)13-8-9-19-14-7-5-4-6-12(13)14/h4-9,11,15H,10H2,1-3H3,(H,20,21)/t11-,15+/m1/s1. The Kier molecular flexibility index (Phi) is 6.05. The van der Waals surface area contributed by atoms with Crippen LogP contribution >= 0.6 is 0 Å². The molecule has 1 N–H and O–H groups in total. The minimum absolute atomic E-state index is 0.0775. The van der Waals surface area contributed by atoms with Crippen molar-refractivity contribution < 1.29 is 23.9 Å². The highest BCUT2D eigenvalue weighted by Gasteiger charge is 2.28. The average molecular weight is 344 g/mol. The van der Waals surface area contributed by atoms with Crippen LogP contribution in [0.3, 0.4) is 0 Å². The van der Waals surface area contributed by atoms with Crippen LogP contribution in [0.25, 0.3) is 10.9 Å². The Morgan fingerprint density at radius 2 is 1.76 bits per heavy atom. The van der Waals surface area contributed by atoms with Gasteiger partial charge in [0.15, 0.2) is 0 Å². The van der Waals surface area contributed by atoms with Crippen molar-refractivity contribution in [3.8, 4) is 0 Å². The molecule has 1 amide bonds. The number of carbonyl (C=O) groups is 3. The Morgan fingerprint density at radius 1 is 1.08 bits per heavy atom. The largest absolute Gasteiger partial charge is 0.469 e. The monoisotopic (exact) mass is 344 g/mol. The third-order valence-electron chi connectivity index (χ3n) is 3.88. The van der Waals surface area contributed by atoms with Gasteiger partial charge in [0, 0.05) is 11.6 Å². The third-order valence-corrected chi connectivity index (χ3v) is 3.88. The molecule has 0 spiro atoms. The van der Waals surface area contributed by atoms with Crippen LogP contribution in [0.5, 0.6) is 0 Å². The number of ether oxygens (including phenoxy) is 2. The molecule has 2 rings (SSSR count). The Balaban J connectivity index is 2.24. The zero-order chi connectivity index (χ0) is 18.4. The van der Waals surface area contributed by atoms with Gasteiger partial charge in [-0.05, 0) is 18.6 Å². The van der Waals surface area contributed by atoms with Crippen LogP contribution in [0.1, 0.15) is 23.7 Å². The molecule has 1 aromatic carbocycles. The molecule has 7 heteroatoms. The minimum atomic E-state index is -0.960. The van der Waals surface area contributed by atoms with Crippen molar-refractivity contribution in [3.05, 3.63) is 42.1 Å². The van der Waals surface area contributed by atoms with E-state index in [1.165, 1.54) is 20.4 Å². The highest BCUT2D eigenvalue weighted by molar-refractivity contribution is 6.07. The number of methoxy groups -OCH3 is 2. The fourth-order valence-electron chi connectivity index (χ4n) is 2.54. The summed E-state index contributed by atoms with van der Waals surface area (Å²) in [6, 6.07) is 7.82. The molecule has 25 heavy (non-hydrogen) atoms. The van der Waals surface area contributed by atoms with Gasteiger partial charge in [-0.3, -0.25) is 14.6 Å². The normalized spacial score (nSPS) is 12.9. The predicted octanol–water partition coefficient (Wildman–Crippen LogP) is 1.71. The van der Waals surface area contributed by atoms with Gasteiger partial charge in [0.05, 0.1) is 31.2 Å². The Morgan fingerprint density at radius 3 is 2.44 bits per heavy atom. The first-order chi connectivity index (χ1) is 12.0. The summed E-state index contributed by atoms with van der Waals surface area (Å²) in [5, 5.41) is 3.31. The van der Waals surface area contributed by atoms with Gasteiger partial charge in [0.1, 0.15) is 6.04 Å². The molecule has 7 nitrogen and oxygen atoms in total. The van der Waals surface area contributed by atoms with E-state index in [0.717, 1.165) is 0 Å². The average Bonchev–Trinajstić information content (AvgIpc) is 2.65. The van der Waals surface area contributed by atoms with E-state index < -0.39 is 29.8 Å². The summed E-state index contributed by atoms with van der Waals surface area (Å²) in [6.45, 7) is 1.62. The van der Waals surface area contributed by atoms with Gasteiger partial charge >= 0.3 is 11.9 Å². The van der Waals surface area contributed by atoms with Crippen molar-refractivity contribution in [1.29, 1.82) is 0 Å². The fraction of sp³-hybridized carbons (Fsp3) is 0.333. The Labute approximate surface area is 145 Å². The van der Waals surface area contributed by atoms with Crippen molar-refractivity contribution in [1.82, 2.24) is 10.3 Å². The van der Waals surface area contributed by atoms with Crippen LogP contribution in [-0.4, -0.2) is 43.1 Å². The summed E-state index contributed by atoms with van der Waals surface area (Å²) in [5.74, 6) is -2.09. The van der Waals surface area contributed by atoms with E-state index in [2.05, 4.69) is 15.0 Å². The molecule has 0 fully saturated rings. The number of aromatic nitrogens is 1. The van der Waals surface area contributed by atoms with Gasteiger partial charge in [-0.15, -0.1) is 0 Å². The quantitative estimate of drug-likeness (QED) is 0.802. The number of hydrogen-bond donors (Lipinski definition) is 1. The number of pyridine rings is 1. The van der Waals surface area contributed by atoms with Gasteiger partial charge in [-0.2, -0.15) is 0 Å². The molecule has 0 saturated heterocycles. The summed E-state index contributed by atoms with van der Waals surface area (Å²) in [5.41, 5.74) is 1.07. The second-order valence-corrected chi connectivity index (χ2v) is 5.58. The molecule has 0 unspecified atom stereocenters. The summed E-state index contributed by atoms with van der Waals surface area (Å²) in [7, 11) is 2.50. The third kappa shape index (κ3) is 4.32. The van der Waals surface area contributed by atoms with Crippen molar-refractivity contribution >= 4 is 28.7 Å². The second kappa shape index (κ2) is 8.23. The summed E-state index contributed by atoms with van der Waals surface area (Å²) in [4.78, 5) is 40.4. The number of amides is 1. The van der Waals surface area contributed by atoms with Crippen molar-refractivity contribution in [3.63, 3.8) is 0 Å². The van der Waals surface area contributed by atoms with E-state index in [4.69, 9.17) is 4.74 Å². The maximum Gasteiger partial charge on any atom is 0.328 e. The van der Waals surface area contributed by atoms with Gasteiger partial charge in [0.2, 0.25) is 0 Å². The van der Waals surface area contributed by atoms with E-state index in [1.54, 1.807) is 31.2 Å². The number of nitrogens with one attached hydrogen (secondary N) is 1. The van der Waals surface area contributed by atoms with E-state index in [-0.39, 0.29) is 6.42 Å². The molecule has 2 aromatic rings. The van der Waals surface area contributed by atoms with Crippen LogP contribution in [0.2, 0.25) is 0 Å². The zero-order valence-corrected chi connectivity index (χ0v) is 14.3. The molecule has 1 aromatic heterocycles. The predicted molar refractivity (Wildman–Crippen MR) is 90.8 cm³/mol. The lowest BCUT2D eigenvalue weighted by atomic mass is 10.0. The molecule has 0 aliphatic heterocycles. The van der Waals surface area contributed by atoms with Crippen molar-refractivity contribution in [2.24, 2.45) is 5.92 Å². The maximum absolute atomic E-state index is 12.6. The van der Waals surface area contributed by atoms with E-state index in [0.29, 0.717) is 16.5 Å². The number of fused-ring (bicyclic) bond motifs is 1. The van der Waals surface area contributed by atoms with Crippen LogP contribution in [-0.2, 0) is 19.1 Å². The first-order valence-corrected chi connectivity index (χ1v) is 7.78. The van der Waals surface area contributed by atoms with E-state index >= 15 is 0 Å². The molecule has 0 aliphatic rings. The van der Waals surface area contributed by atoms with Gasteiger partial charge in [0.25, 0.3) is 5.91 Å². The zero-order valence-electron chi connectivity index (χ0n) is 14.3. The molecule has 0 aliphatic carbocycles. The van der Waals surface area contributed by atoms with E-state index in [9.17, 15) is 14.4 Å². The SMILES string of the molecule is COC(=O)[C@H](C)C[C@H](NC(=O)c1ccnc2ccccc12)C(=O)OC. The van der Waals surface area contributed by atoms with Crippen molar-refractivity contribution in [2.45, 2.75) is 19.4 Å². The number of rotatable bonds is 6. The first kappa shape index (κ1) is 18.4. The smallest absolute Gasteiger partial charge is 0.328 e. The van der Waals surface area contributed by atoms with Crippen LogP contribution in [0.4, 0.5) is 0 Å². The summed E-state index contributed by atoms with van der Waals surface area (Å²) < 4.78 is 9.39. The van der Waals surface area contributed by atoms with E-state index in [1.807, 2.05) is 6.07 Å². The van der Waals surface area contributed by atoms with Gasteiger partial charge < -0.3 is 14.8 Å². The first-order valence-electron chi connectivity index (χ1n) is 7.78. The molecule has 2 atom stereocenters. The highest BCUT2D eigenvalue weighted by Crippen LogP contribution is 2.17. The number of benzene rings is 1. The molecular weight excluding hydrogens is 324 g/mol. The minimum Gasteiger partial charge on any atom is -0.469 e. The van der Waals surface area contributed by atoms with Gasteiger partial charge in [-0.1, -0.05) is 25.1 Å². The number of carbonyl (C=O) groups excluding carboxylic acids is 3. The molecule has 0 radical (unpaired) electrons. The van der Waals surface area contributed by atoms with Gasteiger partial charge in [-0.25, -0.2) is 4.79 Å². The molecule has 0 bridgehead atoms.